The van der Waals surface area contributed by atoms with Crippen molar-refractivity contribution in [1.29, 1.82) is 0 Å². The van der Waals surface area contributed by atoms with Crippen LogP contribution in [0.2, 0.25) is 0 Å². The van der Waals surface area contributed by atoms with E-state index in [1.54, 1.807) is 4.90 Å². The fourth-order valence-electron chi connectivity index (χ4n) is 7.12. The Labute approximate surface area is 293 Å². The summed E-state index contributed by atoms with van der Waals surface area (Å²) in [5.74, 6) is -1.65. The van der Waals surface area contributed by atoms with Crippen molar-refractivity contribution in [1.82, 2.24) is 24.6 Å². The lowest BCUT2D eigenvalue weighted by molar-refractivity contribution is -0.129. The van der Waals surface area contributed by atoms with Gasteiger partial charge in [-0.05, 0) is 60.5 Å². The molecule has 2 aliphatic heterocycles. The molecule has 0 saturated heterocycles. The van der Waals surface area contributed by atoms with Gasteiger partial charge in [-0.15, -0.1) is 11.3 Å². The first-order chi connectivity index (χ1) is 24.3. The number of carbonyl (C=O) groups excluding carboxylic acids is 1. The predicted octanol–water partition coefficient (Wildman–Crippen LogP) is 6.28. The molecule has 0 saturated carbocycles. The SMILES string of the molecule is C=CC(=O)N1CCn2nc(-c3nc(-c4ccc5c(c4)CCN(CCO)CC5)c4ccsc4c3-c3c(F)cc(F)cc3OCCOC)cc2C1C. The second-order valence-electron chi connectivity index (χ2n) is 12.6. The van der Waals surface area contributed by atoms with Crippen molar-refractivity contribution < 1.29 is 28.2 Å². The van der Waals surface area contributed by atoms with Crippen LogP contribution in [-0.4, -0.2) is 88.7 Å². The molecule has 12 heteroatoms. The molecule has 1 unspecified atom stereocenters. The lowest BCUT2D eigenvalue weighted by Gasteiger charge is -2.33. The van der Waals surface area contributed by atoms with Gasteiger partial charge in [-0.2, -0.15) is 5.10 Å². The average Bonchev–Trinajstić information content (AvgIpc) is 3.73. The second kappa shape index (κ2) is 14.4. The second-order valence-corrected chi connectivity index (χ2v) is 13.5. The Morgan fingerprint density at radius 3 is 2.64 bits per heavy atom. The maximum absolute atomic E-state index is 16.2. The first-order valence-corrected chi connectivity index (χ1v) is 17.7. The zero-order valence-corrected chi connectivity index (χ0v) is 28.9. The highest BCUT2D eigenvalue weighted by Crippen LogP contribution is 2.47. The van der Waals surface area contributed by atoms with Crippen molar-refractivity contribution >= 4 is 27.3 Å². The Morgan fingerprint density at radius 2 is 1.86 bits per heavy atom. The number of β-amino-alcohol motifs (C(OH)–C–C–N with tert-alkyl or cyclic N) is 1. The summed E-state index contributed by atoms with van der Waals surface area (Å²) in [7, 11) is 1.53. The van der Waals surface area contributed by atoms with Crippen LogP contribution in [0.3, 0.4) is 0 Å². The Balaban J connectivity index is 1.44. The zero-order valence-electron chi connectivity index (χ0n) is 28.1. The molecule has 1 N–H and O–H groups in total. The summed E-state index contributed by atoms with van der Waals surface area (Å²) in [6.07, 6.45) is 3.04. The highest BCUT2D eigenvalue weighted by Gasteiger charge is 2.31. The highest BCUT2D eigenvalue weighted by molar-refractivity contribution is 7.18. The molecule has 260 valence electrons. The number of rotatable bonds is 10. The van der Waals surface area contributed by atoms with Gasteiger partial charge in [0.2, 0.25) is 5.91 Å². The number of aliphatic hydroxyl groups is 1. The van der Waals surface area contributed by atoms with E-state index < -0.39 is 11.6 Å². The fourth-order valence-corrected chi connectivity index (χ4v) is 8.07. The molecule has 1 amide bonds. The van der Waals surface area contributed by atoms with Gasteiger partial charge in [0.05, 0.1) is 42.8 Å². The summed E-state index contributed by atoms with van der Waals surface area (Å²) in [5.41, 5.74) is 6.46. The molecule has 0 radical (unpaired) electrons. The number of hydrogen-bond donors (Lipinski definition) is 1. The van der Waals surface area contributed by atoms with E-state index in [1.165, 1.54) is 41.7 Å². The molecule has 2 aliphatic rings. The van der Waals surface area contributed by atoms with Crippen LogP contribution in [0, 0.1) is 11.6 Å². The van der Waals surface area contributed by atoms with Crippen molar-refractivity contribution in [3.05, 3.63) is 89.0 Å². The Morgan fingerprint density at radius 1 is 1.04 bits per heavy atom. The van der Waals surface area contributed by atoms with Gasteiger partial charge in [-0.3, -0.25) is 9.48 Å². The summed E-state index contributed by atoms with van der Waals surface area (Å²) < 4.78 is 44.6. The normalized spacial score (nSPS) is 16.3. The molecular weight excluding hydrogens is 661 g/mol. The molecular formula is C38H39F2N5O4S. The van der Waals surface area contributed by atoms with Gasteiger partial charge in [0, 0.05) is 66.6 Å². The minimum absolute atomic E-state index is 0.0441. The van der Waals surface area contributed by atoms with E-state index in [0.29, 0.717) is 36.6 Å². The fraction of sp³-hybridized carbons (Fsp3) is 0.342. The number of hydrogen-bond acceptors (Lipinski definition) is 8. The van der Waals surface area contributed by atoms with Crippen LogP contribution in [0.5, 0.6) is 5.75 Å². The number of amides is 1. The van der Waals surface area contributed by atoms with E-state index in [1.807, 2.05) is 29.1 Å². The highest BCUT2D eigenvalue weighted by atomic mass is 32.1. The third kappa shape index (κ3) is 6.32. The molecule has 50 heavy (non-hydrogen) atoms. The number of methoxy groups -OCH3 is 1. The number of benzene rings is 2. The maximum Gasteiger partial charge on any atom is 0.246 e. The zero-order chi connectivity index (χ0) is 34.9. The number of halogens is 2. The van der Waals surface area contributed by atoms with Gasteiger partial charge in [-0.25, -0.2) is 13.8 Å². The van der Waals surface area contributed by atoms with E-state index in [2.05, 4.69) is 29.7 Å². The van der Waals surface area contributed by atoms with E-state index in [-0.39, 0.29) is 43.1 Å². The van der Waals surface area contributed by atoms with Gasteiger partial charge in [0.25, 0.3) is 0 Å². The summed E-state index contributed by atoms with van der Waals surface area (Å²) in [6.45, 7) is 9.37. The van der Waals surface area contributed by atoms with Gasteiger partial charge in [0.1, 0.15) is 35.4 Å². The Bertz CT molecular complexity index is 2080. The number of thiophene rings is 1. The summed E-state index contributed by atoms with van der Waals surface area (Å²) in [5, 5.41) is 17.3. The number of ether oxygens (including phenoxy) is 2. The van der Waals surface area contributed by atoms with Crippen molar-refractivity contribution in [3.8, 4) is 39.5 Å². The molecule has 9 nitrogen and oxygen atoms in total. The third-order valence-electron chi connectivity index (χ3n) is 9.67. The van der Waals surface area contributed by atoms with Gasteiger partial charge < -0.3 is 24.4 Å². The van der Waals surface area contributed by atoms with Crippen LogP contribution >= 0.6 is 11.3 Å². The number of fused-ring (bicyclic) bond motifs is 3. The summed E-state index contributed by atoms with van der Waals surface area (Å²) >= 11 is 1.45. The van der Waals surface area contributed by atoms with Crippen LogP contribution in [0.25, 0.3) is 43.9 Å². The largest absolute Gasteiger partial charge is 0.490 e. The quantitative estimate of drug-likeness (QED) is 0.136. The topological polar surface area (TPSA) is 93.0 Å². The maximum atomic E-state index is 16.2. The number of carbonyl (C=O) groups is 1. The van der Waals surface area contributed by atoms with Crippen LogP contribution in [0.1, 0.15) is 29.8 Å². The van der Waals surface area contributed by atoms with E-state index >= 15 is 4.39 Å². The van der Waals surface area contributed by atoms with Crippen molar-refractivity contribution in [2.75, 3.05) is 53.1 Å². The molecule has 5 heterocycles. The summed E-state index contributed by atoms with van der Waals surface area (Å²) in [4.78, 5) is 22.0. The summed E-state index contributed by atoms with van der Waals surface area (Å²) in [6, 6.07) is 12.1. The lowest BCUT2D eigenvalue weighted by atomic mass is 9.94. The standard InChI is InChI=1S/C38H39F2N5O4S/c1-4-33(47)44-12-13-45-31(23(44)2)22-30(42-45)37-35(34-29(40)20-27(39)21-32(34)49-17-16-48-3)38-28(9-18-50-38)36(41-37)26-6-5-24-7-10-43(14-15-46)11-8-25(24)19-26/h4-6,9,18-23,46H,1,7-8,10-17H2,2-3H3. The number of pyridine rings is 1. The minimum Gasteiger partial charge on any atom is -0.490 e. The first kappa shape index (κ1) is 34.0. The van der Waals surface area contributed by atoms with Crippen LogP contribution in [-0.2, 0) is 28.9 Å². The molecule has 0 fully saturated rings. The van der Waals surface area contributed by atoms with Crippen molar-refractivity contribution in [3.63, 3.8) is 0 Å². The van der Waals surface area contributed by atoms with Crippen LogP contribution in [0.4, 0.5) is 8.78 Å². The van der Waals surface area contributed by atoms with E-state index in [4.69, 9.17) is 19.6 Å². The monoisotopic (exact) mass is 699 g/mol. The third-order valence-corrected chi connectivity index (χ3v) is 10.6. The van der Waals surface area contributed by atoms with E-state index in [9.17, 15) is 14.3 Å². The first-order valence-electron chi connectivity index (χ1n) is 16.8. The Hall–Kier alpha value is -4.49. The molecule has 0 spiro atoms. The number of nitrogens with zero attached hydrogens (tertiary/aromatic N) is 5. The minimum atomic E-state index is -0.777. The molecule has 1 atom stereocenters. The molecule has 5 aromatic rings. The van der Waals surface area contributed by atoms with Crippen LogP contribution < -0.4 is 4.74 Å². The van der Waals surface area contributed by atoms with Gasteiger partial charge >= 0.3 is 0 Å². The number of aliphatic hydroxyl groups excluding tert-OH is 1. The average molecular weight is 700 g/mol. The van der Waals surface area contributed by atoms with Gasteiger partial charge in [-0.1, -0.05) is 18.7 Å². The van der Waals surface area contributed by atoms with Crippen molar-refractivity contribution in [2.45, 2.75) is 32.4 Å². The molecule has 0 bridgehead atoms. The molecule has 3 aromatic heterocycles. The molecule has 2 aromatic carbocycles. The van der Waals surface area contributed by atoms with Crippen molar-refractivity contribution in [2.24, 2.45) is 0 Å². The molecule has 0 aliphatic carbocycles. The number of aromatic nitrogens is 3. The van der Waals surface area contributed by atoms with Crippen LogP contribution in [0.15, 0.2) is 60.5 Å². The predicted molar refractivity (Wildman–Crippen MR) is 190 cm³/mol. The van der Waals surface area contributed by atoms with Gasteiger partial charge in [0.15, 0.2) is 0 Å². The van der Waals surface area contributed by atoms with E-state index in [0.717, 1.165) is 59.0 Å². The lowest BCUT2D eigenvalue weighted by Crippen LogP contribution is -2.40. The Kier molecular flexibility index (Phi) is 9.78. The molecule has 7 rings (SSSR count). The smallest absolute Gasteiger partial charge is 0.246 e.